The maximum atomic E-state index is 13.8. The second kappa shape index (κ2) is 8.43. The molecule has 0 aliphatic heterocycles. The zero-order valence-corrected chi connectivity index (χ0v) is 17.3. The molecule has 4 atom stereocenters. The summed E-state index contributed by atoms with van der Waals surface area (Å²) < 4.78 is 66.7. The molecule has 144 valence electrons. The second-order valence-electron chi connectivity index (χ2n) is 6.45. The van der Waals surface area contributed by atoms with E-state index >= 15 is 0 Å². The number of hydrogen-bond donors (Lipinski definition) is 1. The molecule has 4 unspecified atom stereocenters. The van der Waals surface area contributed by atoms with Gasteiger partial charge in [0.1, 0.15) is 27.7 Å². The molecule has 0 amide bonds. The molecule has 1 saturated carbocycles. The average molecular weight is 447 g/mol. The first-order chi connectivity index (χ1) is 12.0. The summed E-state index contributed by atoms with van der Waals surface area (Å²) in [6.07, 6.45) is 1.21. The minimum Gasteiger partial charge on any atom is -0.392 e. The molecule has 2 rings (SSSR count). The lowest BCUT2D eigenvalue weighted by Gasteiger charge is -2.38. The zero-order chi connectivity index (χ0) is 19.8. The Labute approximate surface area is 162 Å². The lowest BCUT2D eigenvalue weighted by atomic mass is 9.77. The van der Waals surface area contributed by atoms with Crippen LogP contribution in [0.2, 0.25) is 0 Å². The molecular weight excluding hydrogens is 430 g/mol. The molecule has 1 N–H and O–H groups in total. The van der Waals surface area contributed by atoms with Crippen LogP contribution in [-0.4, -0.2) is 16.0 Å². The standard InChI is InChI=1S/C16H17F5OPS3/c1-7(2)8-4-5-16(3,9(22)6-8)26-23(24)25-15-13(20)11(18)10(17)12(19)14(15)21/h8-9,22H,1,4-6H2,2-3H3/q+1. The van der Waals surface area contributed by atoms with E-state index in [1.165, 1.54) is 0 Å². The summed E-state index contributed by atoms with van der Waals surface area (Å²) in [5.74, 6) is -9.71. The summed E-state index contributed by atoms with van der Waals surface area (Å²) in [5.41, 5.74) is 0.979. The maximum Gasteiger partial charge on any atom is 0.323 e. The average Bonchev–Trinajstić information content (AvgIpc) is 2.57. The van der Waals surface area contributed by atoms with Crippen LogP contribution in [0, 0.1) is 35.0 Å². The third-order valence-corrected chi connectivity index (χ3v) is 11.6. The van der Waals surface area contributed by atoms with Gasteiger partial charge in [-0.25, -0.2) is 22.0 Å². The summed E-state index contributed by atoms with van der Waals surface area (Å²) in [5, 5.41) is 8.82. The fourth-order valence-corrected chi connectivity index (χ4v) is 11.5. The molecule has 0 bridgehead atoms. The van der Waals surface area contributed by atoms with Gasteiger partial charge in [-0.3, -0.25) is 0 Å². The molecule has 0 heterocycles. The highest BCUT2D eigenvalue weighted by Gasteiger charge is 2.46. The van der Waals surface area contributed by atoms with E-state index in [2.05, 4.69) is 6.58 Å². The van der Waals surface area contributed by atoms with Crippen LogP contribution in [0.1, 0.15) is 33.1 Å². The Balaban J connectivity index is 2.16. The molecule has 0 radical (unpaired) electrons. The molecule has 1 nitrogen and oxygen atoms in total. The van der Waals surface area contributed by atoms with E-state index in [-0.39, 0.29) is 5.92 Å². The first-order valence-corrected chi connectivity index (χ1v) is 12.9. The fourth-order valence-electron chi connectivity index (χ4n) is 2.75. The quantitative estimate of drug-likeness (QED) is 0.183. The van der Waals surface area contributed by atoms with Crippen molar-refractivity contribution in [3.8, 4) is 0 Å². The Morgan fingerprint density at radius 3 is 2.12 bits per heavy atom. The Bertz CT molecular complexity index is 731. The van der Waals surface area contributed by atoms with Crippen LogP contribution < -0.4 is 0 Å². The normalized spacial score (nSPS) is 26.7. The van der Waals surface area contributed by atoms with E-state index < -0.39 is 49.9 Å². The molecule has 1 aliphatic rings. The fraction of sp³-hybridized carbons (Fsp3) is 0.500. The number of halogens is 5. The summed E-state index contributed by atoms with van der Waals surface area (Å²) >= 11 is 6.85. The van der Waals surface area contributed by atoms with Crippen molar-refractivity contribution < 1.29 is 27.1 Å². The number of aliphatic hydroxyl groups is 1. The molecule has 0 saturated heterocycles. The van der Waals surface area contributed by atoms with Crippen molar-refractivity contribution in [2.45, 2.75) is 48.9 Å². The molecule has 0 aromatic heterocycles. The Hall–Kier alpha value is -0.210. The van der Waals surface area contributed by atoms with Gasteiger partial charge in [-0.05, 0) is 39.0 Å². The van der Waals surface area contributed by atoms with E-state index in [1.54, 1.807) is 6.92 Å². The summed E-state index contributed by atoms with van der Waals surface area (Å²) in [7, 11) is 0. The van der Waals surface area contributed by atoms with Crippen LogP contribution in [0.15, 0.2) is 17.0 Å². The van der Waals surface area contributed by atoms with Crippen molar-refractivity contribution in [3.05, 3.63) is 41.2 Å². The van der Waals surface area contributed by atoms with Crippen LogP contribution in [0.5, 0.6) is 0 Å². The van der Waals surface area contributed by atoms with Gasteiger partial charge in [-0.15, -0.1) is 0 Å². The number of benzene rings is 1. The molecule has 1 aliphatic carbocycles. The summed E-state index contributed by atoms with van der Waals surface area (Å²) in [4.78, 5) is -0.969. The van der Waals surface area contributed by atoms with E-state index in [1.807, 2.05) is 6.92 Å². The number of rotatable bonds is 5. The topological polar surface area (TPSA) is 20.2 Å². The lowest BCUT2D eigenvalue weighted by molar-refractivity contribution is 0.0804. The minimum absolute atomic E-state index is 0.192. The molecule has 1 fully saturated rings. The van der Waals surface area contributed by atoms with Crippen LogP contribution in [0.25, 0.3) is 0 Å². The van der Waals surface area contributed by atoms with Gasteiger partial charge in [0.2, 0.25) is 5.82 Å². The molecule has 1 aromatic rings. The third-order valence-electron chi connectivity index (χ3n) is 4.52. The van der Waals surface area contributed by atoms with E-state index in [9.17, 15) is 27.1 Å². The smallest absolute Gasteiger partial charge is 0.323 e. The molecular formula is C16H17F5OPS3+. The van der Waals surface area contributed by atoms with Crippen molar-refractivity contribution in [2.24, 2.45) is 5.92 Å². The first kappa shape index (κ1) is 22.1. The number of hydrogen-bond acceptors (Lipinski definition) is 4. The molecule has 10 heteroatoms. The lowest BCUT2D eigenvalue weighted by Crippen LogP contribution is -2.41. The Kier molecular flexibility index (Phi) is 7.16. The second-order valence-corrected chi connectivity index (χ2v) is 15.1. The van der Waals surface area contributed by atoms with Crippen molar-refractivity contribution in [1.29, 1.82) is 0 Å². The van der Waals surface area contributed by atoms with E-state index in [4.69, 9.17) is 11.8 Å². The van der Waals surface area contributed by atoms with Crippen molar-refractivity contribution in [2.75, 3.05) is 0 Å². The van der Waals surface area contributed by atoms with E-state index in [0.29, 0.717) is 24.2 Å². The summed E-state index contributed by atoms with van der Waals surface area (Å²) in [6, 6.07) is 0. The van der Waals surface area contributed by atoms with Gasteiger partial charge in [0.25, 0.3) is 0 Å². The Morgan fingerprint density at radius 2 is 1.65 bits per heavy atom. The van der Waals surface area contributed by atoms with Crippen LogP contribution in [-0.2, 0) is 11.8 Å². The predicted molar refractivity (Wildman–Crippen MR) is 101 cm³/mol. The minimum atomic E-state index is -2.19. The van der Waals surface area contributed by atoms with Crippen molar-refractivity contribution >= 4 is 39.7 Å². The summed E-state index contributed by atoms with van der Waals surface area (Å²) in [6.45, 7) is 7.60. The van der Waals surface area contributed by atoms with Gasteiger partial charge in [0.15, 0.2) is 35.1 Å². The van der Waals surface area contributed by atoms with Crippen molar-refractivity contribution in [1.82, 2.24) is 0 Å². The van der Waals surface area contributed by atoms with Gasteiger partial charge in [-0.1, -0.05) is 12.2 Å². The third kappa shape index (κ3) is 4.43. The first-order valence-electron chi connectivity index (χ1n) is 7.67. The SMILES string of the molecule is C=C(C)C1CCC(C)(S[P+](=S)Sc2c(F)c(F)c(F)c(F)c2F)C(O)C1. The molecule has 0 spiro atoms. The van der Waals surface area contributed by atoms with Gasteiger partial charge in [-0.2, -0.15) is 0 Å². The van der Waals surface area contributed by atoms with E-state index in [0.717, 1.165) is 23.4 Å². The molecule has 26 heavy (non-hydrogen) atoms. The van der Waals surface area contributed by atoms with Gasteiger partial charge in [0.05, 0.1) is 10.9 Å². The number of allylic oxidation sites excluding steroid dienone is 1. The van der Waals surface area contributed by atoms with Crippen LogP contribution in [0.3, 0.4) is 0 Å². The van der Waals surface area contributed by atoms with Crippen molar-refractivity contribution in [3.63, 3.8) is 0 Å². The Morgan fingerprint density at radius 1 is 1.15 bits per heavy atom. The zero-order valence-electron chi connectivity index (χ0n) is 14.0. The van der Waals surface area contributed by atoms with Crippen LogP contribution in [0.4, 0.5) is 22.0 Å². The highest BCUT2D eigenvalue weighted by molar-refractivity contribution is 8.94. The van der Waals surface area contributed by atoms with Gasteiger partial charge < -0.3 is 5.11 Å². The predicted octanol–water partition coefficient (Wildman–Crippen LogP) is 6.48. The largest absolute Gasteiger partial charge is 0.392 e. The monoisotopic (exact) mass is 447 g/mol. The number of aliphatic hydroxyl groups excluding tert-OH is 1. The maximum absolute atomic E-state index is 13.8. The molecule has 1 aromatic carbocycles. The highest BCUT2D eigenvalue weighted by atomic mass is 33.2. The van der Waals surface area contributed by atoms with Gasteiger partial charge >= 0.3 is 5.10 Å². The highest BCUT2D eigenvalue weighted by Crippen LogP contribution is 2.63. The van der Waals surface area contributed by atoms with Gasteiger partial charge in [0, 0.05) is 0 Å². The van der Waals surface area contributed by atoms with Crippen LogP contribution >= 0.6 is 27.9 Å².